The van der Waals surface area contributed by atoms with E-state index in [1.54, 1.807) is 0 Å². The van der Waals surface area contributed by atoms with Crippen LogP contribution >= 0.6 is 0 Å². The highest BCUT2D eigenvalue weighted by atomic mass is 16.3. The van der Waals surface area contributed by atoms with Gasteiger partial charge >= 0.3 is 0 Å². The molecule has 15 heavy (non-hydrogen) atoms. The molecule has 0 bridgehead atoms. The fourth-order valence-corrected chi connectivity index (χ4v) is 1.74. The zero-order valence-corrected chi connectivity index (χ0v) is 9.71. The molecule has 1 nitrogen and oxygen atoms in total. The number of hydrogen-bond acceptors (Lipinski definition) is 1. The van der Waals surface area contributed by atoms with Crippen LogP contribution in [0.3, 0.4) is 0 Å². The molecule has 0 heterocycles. The van der Waals surface area contributed by atoms with Crippen LogP contribution in [0.25, 0.3) is 0 Å². The quantitative estimate of drug-likeness (QED) is 0.674. The predicted octanol–water partition coefficient (Wildman–Crippen LogP) is 3.69. The Kier molecular flexibility index (Phi) is 6.10. The second-order valence-corrected chi connectivity index (χ2v) is 4.14. The molecule has 84 valence electrons. The molecule has 0 unspecified atom stereocenters. The minimum absolute atomic E-state index is 0.150. The summed E-state index contributed by atoms with van der Waals surface area (Å²) in [6, 6.07) is 8.29. The lowest BCUT2D eigenvalue weighted by atomic mass is 10.0. The van der Waals surface area contributed by atoms with E-state index in [1.807, 2.05) is 12.1 Å². The van der Waals surface area contributed by atoms with Gasteiger partial charge in [-0.3, -0.25) is 0 Å². The van der Waals surface area contributed by atoms with Crippen LogP contribution in [0.4, 0.5) is 0 Å². The third-order valence-corrected chi connectivity index (χ3v) is 2.77. The lowest BCUT2D eigenvalue weighted by Crippen LogP contribution is -1.88. The zero-order chi connectivity index (χ0) is 10.9. The average molecular weight is 206 g/mol. The van der Waals surface area contributed by atoms with Gasteiger partial charge in [-0.2, -0.15) is 0 Å². The normalized spacial score (nSPS) is 10.5. The maximum Gasteiger partial charge on any atom is 0.0681 e. The highest BCUT2D eigenvalue weighted by molar-refractivity contribution is 5.21. The van der Waals surface area contributed by atoms with Crippen LogP contribution in [0.1, 0.15) is 50.2 Å². The Bertz CT molecular complexity index is 251. The van der Waals surface area contributed by atoms with Crippen LogP contribution < -0.4 is 0 Å². The monoisotopic (exact) mass is 206 g/mol. The Hall–Kier alpha value is -0.820. The largest absolute Gasteiger partial charge is 0.392 e. The van der Waals surface area contributed by atoms with Gasteiger partial charge in [-0.05, 0) is 24.0 Å². The first-order chi connectivity index (χ1) is 7.36. The summed E-state index contributed by atoms with van der Waals surface area (Å²) < 4.78 is 0. The first-order valence-corrected chi connectivity index (χ1v) is 6.05. The van der Waals surface area contributed by atoms with E-state index >= 15 is 0 Å². The molecule has 0 amide bonds. The summed E-state index contributed by atoms with van der Waals surface area (Å²) >= 11 is 0. The molecule has 0 aliphatic heterocycles. The molecule has 1 aromatic rings. The van der Waals surface area contributed by atoms with Crippen molar-refractivity contribution in [2.45, 2.75) is 52.1 Å². The van der Waals surface area contributed by atoms with Crippen molar-refractivity contribution >= 4 is 0 Å². The molecule has 0 spiro atoms. The molecule has 1 aromatic carbocycles. The van der Waals surface area contributed by atoms with Crippen molar-refractivity contribution in [3.8, 4) is 0 Å². The number of rotatable bonds is 7. The van der Waals surface area contributed by atoms with Gasteiger partial charge in [-0.1, -0.05) is 56.9 Å². The molecule has 1 N–H and O–H groups in total. The Morgan fingerprint density at radius 2 is 1.47 bits per heavy atom. The molecule has 0 saturated heterocycles. The van der Waals surface area contributed by atoms with E-state index in [-0.39, 0.29) is 6.61 Å². The van der Waals surface area contributed by atoms with E-state index in [0.29, 0.717) is 0 Å². The van der Waals surface area contributed by atoms with Crippen LogP contribution in [0, 0.1) is 0 Å². The first-order valence-electron chi connectivity index (χ1n) is 6.05. The van der Waals surface area contributed by atoms with Crippen molar-refractivity contribution in [3.05, 3.63) is 35.4 Å². The lowest BCUT2D eigenvalue weighted by molar-refractivity contribution is 0.282. The minimum atomic E-state index is 0.150. The van der Waals surface area contributed by atoms with E-state index in [1.165, 1.54) is 44.1 Å². The Balaban J connectivity index is 2.20. The van der Waals surface area contributed by atoms with E-state index in [0.717, 1.165) is 5.56 Å². The fourth-order valence-electron chi connectivity index (χ4n) is 1.74. The third kappa shape index (κ3) is 4.98. The summed E-state index contributed by atoms with van der Waals surface area (Å²) in [5.74, 6) is 0. The van der Waals surface area contributed by atoms with Crippen molar-refractivity contribution in [1.29, 1.82) is 0 Å². The molecule has 0 aromatic heterocycles. The molecule has 1 rings (SSSR count). The molecule has 0 radical (unpaired) electrons. The van der Waals surface area contributed by atoms with Gasteiger partial charge in [-0.15, -0.1) is 0 Å². The number of aliphatic hydroxyl groups excluding tert-OH is 1. The highest BCUT2D eigenvalue weighted by Gasteiger charge is 1.94. The van der Waals surface area contributed by atoms with Crippen LogP contribution in [-0.4, -0.2) is 5.11 Å². The second-order valence-electron chi connectivity index (χ2n) is 4.14. The topological polar surface area (TPSA) is 20.2 Å². The van der Waals surface area contributed by atoms with Gasteiger partial charge in [0.2, 0.25) is 0 Å². The number of hydrogen-bond donors (Lipinski definition) is 1. The smallest absolute Gasteiger partial charge is 0.0681 e. The summed E-state index contributed by atoms with van der Waals surface area (Å²) in [5, 5.41) is 8.90. The van der Waals surface area contributed by atoms with Crippen molar-refractivity contribution < 1.29 is 5.11 Å². The average Bonchev–Trinajstić information content (AvgIpc) is 2.30. The maximum absolute atomic E-state index is 8.90. The van der Waals surface area contributed by atoms with Crippen LogP contribution in [0.15, 0.2) is 24.3 Å². The molecule has 1 heteroatoms. The number of aliphatic hydroxyl groups is 1. The van der Waals surface area contributed by atoms with Gasteiger partial charge in [0, 0.05) is 0 Å². The first kappa shape index (κ1) is 12.3. The van der Waals surface area contributed by atoms with E-state index < -0.39 is 0 Å². The molecule has 0 aliphatic carbocycles. The summed E-state index contributed by atoms with van der Waals surface area (Å²) in [4.78, 5) is 0. The molecule has 0 atom stereocenters. The van der Waals surface area contributed by atoms with E-state index in [2.05, 4.69) is 19.1 Å². The van der Waals surface area contributed by atoms with Crippen LogP contribution in [0.2, 0.25) is 0 Å². The Morgan fingerprint density at radius 1 is 0.867 bits per heavy atom. The van der Waals surface area contributed by atoms with Gasteiger partial charge in [0.05, 0.1) is 6.61 Å². The fraction of sp³-hybridized carbons (Fsp3) is 0.571. The lowest BCUT2D eigenvalue weighted by Gasteiger charge is -2.02. The zero-order valence-electron chi connectivity index (χ0n) is 9.71. The van der Waals surface area contributed by atoms with Crippen molar-refractivity contribution in [2.75, 3.05) is 0 Å². The van der Waals surface area contributed by atoms with Crippen molar-refractivity contribution in [3.63, 3.8) is 0 Å². The maximum atomic E-state index is 8.90. The van der Waals surface area contributed by atoms with Crippen molar-refractivity contribution in [2.24, 2.45) is 0 Å². The van der Waals surface area contributed by atoms with Crippen molar-refractivity contribution in [1.82, 2.24) is 0 Å². The summed E-state index contributed by atoms with van der Waals surface area (Å²) in [5.41, 5.74) is 2.40. The SMILES string of the molecule is CCCCCCCc1ccc(CO)cc1. The standard InChI is InChI=1S/C14H22O/c1-2-3-4-5-6-7-13-8-10-14(12-15)11-9-13/h8-11,15H,2-7,12H2,1H3. The minimum Gasteiger partial charge on any atom is -0.392 e. The number of aryl methyl sites for hydroxylation is 1. The van der Waals surface area contributed by atoms with Gasteiger partial charge in [0.15, 0.2) is 0 Å². The van der Waals surface area contributed by atoms with Gasteiger partial charge in [0.1, 0.15) is 0 Å². The summed E-state index contributed by atoms with van der Waals surface area (Å²) in [7, 11) is 0. The number of benzene rings is 1. The third-order valence-electron chi connectivity index (χ3n) is 2.77. The summed E-state index contributed by atoms with van der Waals surface area (Å²) in [6.07, 6.45) is 7.85. The molecule has 0 aliphatic rings. The van der Waals surface area contributed by atoms with Gasteiger partial charge in [-0.25, -0.2) is 0 Å². The highest BCUT2D eigenvalue weighted by Crippen LogP contribution is 2.10. The van der Waals surface area contributed by atoms with Gasteiger partial charge in [0.25, 0.3) is 0 Å². The Morgan fingerprint density at radius 3 is 2.07 bits per heavy atom. The second kappa shape index (κ2) is 7.47. The molecule has 0 saturated carbocycles. The predicted molar refractivity (Wildman–Crippen MR) is 64.8 cm³/mol. The van der Waals surface area contributed by atoms with Crippen LogP contribution in [-0.2, 0) is 13.0 Å². The van der Waals surface area contributed by atoms with E-state index in [4.69, 9.17) is 5.11 Å². The van der Waals surface area contributed by atoms with Gasteiger partial charge < -0.3 is 5.11 Å². The number of unbranched alkanes of at least 4 members (excludes halogenated alkanes) is 4. The Labute approximate surface area is 93.1 Å². The summed E-state index contributed by atoms with van der Waals surface area (Å²) in [6.45, 7) is 2.39. The van der Waals surface area contributed by atoms with Crippen LogP contribution in [0.5, 0.6) is 0 Å². The molecular weight excluding hydrogens is 184 g/mol. The molecular formula is C14H22O. The molecule has 0 fully saturated rings. The van der Waals surface area contributed by atoms with E-state index in [9.17, 15) is 0 Å².